The van der Waals surface area contributed by atoms with E-state index in [2.05, 4.69) is 92.1 Å². The monoisotopic (exact) mass is 1010 g/mol. The number of allylic oxidation sites excluding steroid dienone is 12. The molecule has 1 rings (SSSR count). The summed E-state index contributed by atoms with van der Waals surface area (Å²) in [7, 11) is 0. The van der Waals surface area contributed by atoms with Gasteiger partial charge in [0.25, 0.3) is 0 Å². The number of carbonyl (C=O) groups excluding carboxylic acids is 1. The zero-order valence-corrected chi connectivity index (χ0v) is 46.4. The molecule has 418 valence electrons. The predicted molar refractivity (Wildman–Crippen MR) is 304 cm³/mol. The number of unbranched alkanes of at least 4 members (excludes halogenated alkanes) is 29. The van der Waals surface area contributed by atoms with E-state index in [1.807, 2.05) is 0 Å². The van der Waals surface area contributed by atoms with Crippen molar-refractivity contribution in [3.63, 3.8) is 0 Å². The molecule has 7 atom stereocenters. The van der Waals surface area contributed by atoms with Gasteiger partial charge in [0.2, 0.25) is 5.91 Å². The minimum atomic E-state index is -1.56. The van der Waals surface area contributed by atoms with Crippen LogP contribution in [0.4, 0.5) is 0 Å². The van der Waals surface area contributed by atoms with Gasteiger partial charge in [0.05, 0.1) is 25.4 Å². The molecule has 1 saturated heterocycles. The molecule has 7 unspecified atom stereocenters. The normalized spacial score (nSPS) is 19.7. The Morgan fingerprint density at radius 1 is 0.486 bits per heavy atom. The number of nitrogens with one attached hydrogen (secondary N) is 1. The van der Waals surface area contributed by atoms with Gasteiger partial charge in [-0.05, 0) is 64.2 Å². The Labute approximate surface area is 442 Å². The molecule has 0 bridgehead atoms. The Morgan fingerprint density at radius 2 is 0.861 bits per heavy atom. The number of aliphatic hydroxyl groups is 5. The molecule has 72 heavy (non-hydrogen) atoms. The standard InChI is InChI=1S/C63H113NO8/c1-3-5-7-9-11-13-15-17-19-21-23-25-27-28-29-31-32-34-36-38-40-42-44-46-48-50-52-57(66)56(55-71-63-62(70)61(69)60(68)58(54-65)72-63)64-59(67)53-51-49-47-45-43-41-39-37-35-33-30-26-24-22-20-18-16-14-12-10-8-6-4-2/h6,8,12,14,18,20,24,26,33,35,39,41,56-58,60-63,65-66,68-70H,3-5,7,9-11,13,15-17,19,21-23,25,27-32,34,36-38,40,42-55H2,1-2H3,(H,64,67)/b8-6-,14-12-,20-18-,26-24-,35-33-,41-39-. The fourth-order valence-electron chi connectivity index (χ4n) is 9.34. The summed E-state index contributed by atoms with van der Waals surface area (Å²) < 4.78 is 11.3. The molecule has 0 spiro atoms. The van der Waals surface area contributed by atoms with Crippen LogP contribution in [0.25, 0.3) is 0 Å². The lowest BCUT2D eigenvalue weighted by atomic mass is 9.99. The molecule has 0 saturated carbocycles. The molecule has 1 fully saturated rings. The van der Waals surface area contributed by atoms with Crippen LogP contribution < -0.4 is 5.32 Å². The molecule has 1 aliphatic heterocycles. The Morgan fingerprint density at radius 3 is 1.28 bits per heavy atom. The van der Waals surface area contributed by atoms with E-state index in [4.69, 9.17) is 9.47 Å². The molecule has 1 aliphatic rings. The van der Waals surface area contributed by atoms with Crippen molar-refractivity contribution in [3.05, 3.63) is 72.9 Å². The first-order chi connectivity index (χ1) is 35.3. The van der Waals surface area contributed by atoms with Crippen molar-refractivity contribution >= 4 is 5.91 Å². The van der Waals surface area contributed by atoms with Crippen LogP contribution in [0.15, 0.2) is 72.9 Å². The zero-order valence-electron chi connectivity index (χ0n) is 46.4. The van der Waals surface area contributed by atoms with Gasteiger partial charge in [-0.15, -0.1) is 0 Å². The largest absolute Gasteiger partial charge is 0.394 e. The lowest BCUT2D eigenvalue weighted by Crippen LogP contribution is -2.60. The predicted octanol–water partition coefficient (Wildman–Crippen LogP) is 15.2. The maximum absolute atomic E-state index is 13.1. The average molecular weight is 1010 g/mol. The van der Waals surface area contributed by atoms with E-state index >= 15 is 0 Å². The Balaban J connectivity index is 2.22. The highest BCUT2D eigenvalue weighted by atomic mass is 16.7. The van der Waals surface area contributed by atoms with Gasteiger partial charge in [-0.25, -0.2) is 0 Å². The Bertz CT molecular complexity index is 1360. The molecule has 9 nitrogen and oxygen atoms in total. The lowest BCUT2D eigenvalue weighted by molar-refractivity contribution is -0.302. The van der Waals surface area contributed by atoms with Crippen LogP contribution in [0.2, 0.25) is 0 Å². The molecule has 0 aliphatic carbocycles. The third kappa shape index (κ3) is 40.9. The summed E-state index contributed by atoms with van der Waals surface area (Å²) in [6.07, 6.45) is 65.0. The first-order valence-corrected chi connectivity index (χ1v) is 30.1. The summed E-state index contributed by atoms with van der Waals surface area (Å²) in [4.78, 5) is 13.1. The van der Waals surface area contributed by atoms with E-state index in [0.29, 0.717) is 12.8 Å². The van der Waals surface area contributed by atoms with Crippen molar-refractivity contribution in [2.24, 2.45) is 0 Å². The number of carbonyl (C=O) groups is 1. The second-order valence-corrected chi connectivity index (χ2v) is 20.8. The van der Waals surface area contributed by atoms with E-state index in [1.54, 1.807) is 0 Å². The van der Waals surface area contributed by atoms with Crippen LogP contribution in [0, 0.1) is 0 Å². The zero-order chi connectivity index (χ0) is 52.2. The van der Waals surface area contributed by atoms with E-state index in [9.17, 15) is 30.3 Å². The second kappa shape index (κ2) is 52.1. The minimum absolute atomic E-state index is 0.152. The van der Waals surface area contributed by atoms with Crippen LogP contribution >= 0.6 is 0 Å². The van der Waals surface area contributed by atoms with Crippen molar-refractivity contribution in [2.45, 2.75) is 307 Å². The van der Waals surface area contributed by atoms with Crippen LogP contribution in [-0.2, 0) is 14.3 Å². The van der Waals surface area contributed by atoms with Gasteiger partial charge in [-0.2, -0.15) is 0 Å². The third-order valence-electron chi connectivity index (χ3n) is 14.1. The number of rotatable bonds is 51. The highest BCUT2D eigenvalue weighted by molar-refractivity contribution is 5.76. The van der Waals surface area contributed by atoms with Gasteiger partial charge in [-0.1, -0.05) is 267 Å². The van der Waals surface area contributed by atoms with Gasteiger partial charge in [-0.3, -0.25) is 4.79 Å². The van der Waals surface area contributed by atoms with Crippen molar-refractivity contribution in [2.75, 3.05) is 13.2 Å². The smallest absolute Gasteiger partial charge is 0.220 e. The van der Waals surface area contributed by atoms with Gasteiger partial charge < -0.3 is 40.3 Å². The van der Waals surface area contributed by atoms with E-state index in [1.165, 1.54) is 148 Å². The SMILES string of the molecule is CC/C=C\C/C=C\C/C=C\C/C=C\C/C=C\C/C=C\CCCCCCC(=O)NC(COC1OC(CO)C(O)C(O)C1O)C(O)CCCCCCCCCCCCCCCCCCCCCCCCCCCC. The summed E-state index contributed by atoms with van der Waals surface area (Å²) in [5, 5.41) is 54.7. The van der Waals surface area contributed by atoms with Gasteiger partial charge >= 0.3 is 0 Å². The van der Waals surface area contributed by atoms with Crippen LogP contribution in [0.5, 0.6) is 0 Å². The van der Waals surface area contributed by atoms with Crippen molar-refractivity contribution in [1.82, 2.24) is 5.32 Å². The molecule has 6 N–H and O–H groups in total. The summed E-state index contributed by atoms with van der Waals surface area (Å²) in [6, 6.07) is -0.739. The van der Waals surface area contributed by atoms with Crippen molar-refractivity contribution in [1.29, 1.82) is 0 Å². The van der Waals surface area contributed by atoms with Gasteiger partial charge in [0, 0.05) is 6.42 Å². The summed E-state index contributed by atoms with van der Waals surface area (Å²) in [6.45, 7) is 3.73. The lowest BCUT2D eigenvalue weighted by Gasteiger charge is -2.40. The summed E-state index contributed by atoms with van der Waals surface area (Å²) >= 11 is 0. The molecule has 9 heteroatoms. The van der Waals surface area contributed by atoms with Crippen LogP contribution in [-0.4, -0.2) is 87.5 Å². The number of ether oxygens (including phenoxy) is 2. The maximum atomic E-state index is 13.1. The minimum Gasteiger partial charge on any atom is -0.394 e. The molecule has 0 aromatic rings. The number of amides is 1. The number of aliphatic hydroxyl groups excluding tert-OH is 5. The molecular weight excluding hydrogens is 899 g/mol. The van der Waals surface area contributed by atoms with Gasteiger partial charge in [0.1, 0.15) is 24.4 Å². The highest BCUT2D eigenvalue weighted by Crippen LogP contribution is 2.23. The first kappa shape index (κ1) is 67.6. The molecule has 1 heterocycles. The first-order valence-electron chi connectivity index (χ1n) is 30.1. The van der Waals surface area contributed by atoms with Crippen LogP contribution in [0.1, 0.15) is 264 Å². The molecule has 0 radical (unpaired) electrons. The van der Waals surface area contributed by atoms with E-state index in [0.717, 1.165) is 89.9 Å². The van der Waals surface area contributed by atoms with Crippen molar-refractivity contribution < 1.29 is 39.8 Å². The highest BCUT2D eigenvalue weighted by Gasteiger charge is 2.44. The maximum Gasteiger partial charge on any atom is 0.220 e. The Hall–Kier alpha value is -2.37. The van der Waals surface area contributed by atoms with Crippen LogP contribution in [0.3, 0.4) is 0 Å². The molecule has 0 aromatic heterocycles. The third-order valence-corrected chi connectivity index (χ3v) is 14.1. The summed E-state index contributed by atoms with van der Waals surface area (Å²) in [5.74, 6) is -0.168. The average Bonchev–Trinajstić information content (AvgIpc) is 3.38. The Kier molecular flexibility index (Phi) is 48.9. The summed E-state index contributed by atoms with van der Waals surface area (Å²) in [5.41, 5.74) is 0. The molecule has 0 aromatic carbocycles. The van der Waals surface area contributed by atoms with E-state index in [-0.39, 0.29) is 12.5 Å². The van der Waals surface area contributed by atoms with Gasteiger partial charge in [0.15, 0.2) is 6.29 Å². The number of hydrogen-bond donors (Lipinski definition) is 6. The topological polar surface area (TPSA) is 149 Å². The second-order valence-electron chi connectivity index (χ2n) is 20.8. The molecule has 1 amide bonds. The number of hydrogen-bond acceptors (Lipinski definition) is 8. The molecular formula is C63H113NO8. The fourth-order valence-corrected chi connectivity index (χ4v) is 9.34. The quantitative estimate of drug-likeness (QED) is 0.0261. The van der Waals surface area contributed by atoms with E-state index < -0.39 is 49.5 Å². The fraction of sp³-hybridized carbons (Fsp3) is 0.794. The van der Waals surface area contributed by atoms with Crippen molar-refractivity contribution in [3.8, 4) is 0 Å².